The van der Waals surface area contributed by atoms with Crippen LogP contribution in [0.4, 0.5) is 0 Å². The van der Waals surface area contributed by atoms with Gasteiger partial charge < -0.3 is 10.5 Å². The summed E-state index contributed by atoms with van der Waals surface area (Å²) in [5, 5.41) is 0. The molecule has 0 saturated carbocycles. The third kappa shape index (κ3) is 1.61. The van der Waals surface area contributed by atoms with Crippen LogP contribution in [0.1, 0.15) is 17.3 Å². The predicted molar refractivity (Wildman–Crippen MR) is 56.3 cm³/mol. The van der Waals surface area contributed by atoms with E-state index in [1.807, 2.05) is 31.1 Å². The molecule has 1 heterocycles. The van der Waals surface area contributed by atoms with Gasteiger partial charge in [0.05, 0.1) is 12.8 Å². The van der Waals surface area contributed by atoms with E-state index in [0.717, 1.165) is 24.3 Å². The molecule has 76 valence electrons. The third-order valence-corrected chi connectivity index (χ3v) is 2.61. The predicted octanol–water partition coefficient (Wildman–Crippen LogP) is 1.14. The Hall–Kier alpha value is -1.06. The minimum Gasteiger partial charge on any atom is -0.493 e. The molecule has 14 heavy (non-hydrogen) atoms. The van der Waals surface area contributed by atoms with E-state index in [1.165, 1.54) is 5.56 Å². The van der Waals surface area contributed by atoms with Gasteiger partial charge in [0, 0.05) is 6.42 Å². The van der Waals surface area contributed by atoms with Gasteiger partial charge in [-0.2, -0.15) is 0 Å². The molecule has 0 saturated heterocycles. The molecule has 3 heteroatoms. The SMILES string of the molecule is CN(C)C(N)c1ccc2c(c1)CCO2. The molecule has 0 fully saturated rings. The summed E-state index contributed by atoms with van der Waals surface area (Å²) in [5.74, 6) is 1.01. The number of hydrogen-bond acceptors (Lipinski definition) is 3. The van der Waals surface area contributed by atoms with Crippen LogP contribution in [0.25, 0.3) is 0 Å². The van der Waals surface area contributed by atoms with E-state index in [-0.39, 0.29) is 6.17 Å². The van der Waals surface area contributed by atoms with Crippen molar-refractivity contribution in [2.24, 2.45) is 5.73 Å². The zero-order valence-corrected chi connectivity index (χ0v) is 8.66. The monoisotopic (exact) mass is 192 g/mol. The summed E-state index contributed by atoms with van der Waals surface area (Å²) in [4.78, 5) is 2.00. The number of nitrogens with two attached hydrogens (primary N) is 1. The maximum Gasteiger partial charge on any atom is 0.122 e. The van der Waals surface area contributed by atoms with Crippen LogP contribution in [-0.2, 0) is 6.42 Å². The quantitative estimate of drug-likeness (QED) is 0.714. The number of nitrogens with zero attached hydrogens (tertiary/aromatic N) is 1. The van der Waals surface area contributed by atoms with Crippen molar-refractivity contribution >= 4 is 0 Å². The molecule has 1 unspecified atom stereocenters. The molecule has 0 aliphatic carbocycles. The average Bonchev–Trinajstić information content (AvgIpc) is 2.62. The summed E-state index contributed by atoms with van der Waals surface area (Å²) >= 11 is 0. The van der Waals surface area contributed by atoms with Crippen molar-refractivity contribution in [3.8, 4) is 5.75 Å². The van der Waals surface area contributed by atoms with Crippen molar-refractivity contribution in [3.63, 3.8) is 0 Å². The van der Waals surface area contributed by atoms with E-state index in [2.05, 4.69) is 6.07 Å². The molecule has 0 aromatic heterocycles. The molecule has 1 aromatic rings. The highest BCUT2D eigenvalue weighted by Gasteiger charge is 2.15. The van der Waals surface area contributed by atoms with Gasteiger partial charge in [0.1, 0.15) is 5.75 Å². The highest BCUT2D eigenvalue weighted by molar-refractivity contribution is 5.40. The summed E-state index contributed by atoms with van der Waals surface area (Å²) in [6.07, 6.45) is 0.976. The van der Waals surface area contributed by atoms with Crippen LogP contribution in [-0.4, -0.2) is 25.6 Å². The molecule has 1 aromatic carbocycles. The third-order valence-electron chi connectivity index (χ3n) is 2.61. The standard InChI is InChI=1S/C11H16N2O/c1-13(2)11(12)9-3-4-10-8(7-9)5-6-14-10/h3-4,7,11H,5-6,12H2,1-2H3. The van der Waals surface area contributed by atoms with Gasteiger partial charge in [-0.15, -0.1) is 0 Å². The van der Waals surface area contributed by atoms with E-state index in [9.17, 15) is 0 Å². The Morgan fingerprint density at radius 1 is 1.43 bits per heavy atom. The molecule has 1 aliphatic heterocycles. The van der Waals surface area contributed by atoms with Gasteiger partial charge in [0.15, 0.2) is 0 Å². The van der Waals surface area contributed by atoms with Crippen LogP contribution in [0.2, 0.25) is 0 Å². The number of fused-ring (bicyclic) bond motifs is 1. The van der Waals surface area contributed by atoms with E-state index >= 15 is 0 Å². The molecule has 2 N–H and O–H groups in total. The first-order valence-electron chi connectivity index (χ1n) is 4.86. The normalized spacial score (nSPS) is 16.6. The van der Waals surface area contributed by atoms with Crippen LogP contribution in [0.15, 0.2) is 18.2 Å². The molecule has 1 aliphatic rings. The molecule has 0 bridgehead atoms. The maximum atomic E-state index is 6.02. The minimum atomic E-state index is -0.0269. The Morgan fingerprint density at radius 3 is 2.93 bits per heavy atom. The zero-order valence-electron chi connectivity index (χ0n) is 8.66. The van der Waals surface area contributed by atoms with Crippen LogP contribution in [0.5, 0.6) is 5.75 Å². The van der Waals surface area contributed by atoms with Gasteiger partial charge in [-0.05, 0) is 37.4 Å². The lowest BCUT2D eigenvalue weighted by Crippen LogP contribution is -2.27. The lowest BCUT2D eigenvalue weighted by Gasteiger charge is -2.20. The summed E-state index contributed by atoms with van der Waals surface area (Å²) in [5.41, 5.74) is 8.45. The van der Waals surface area contributed by atoms with E-state index in [0.29, 0.717) is 0 Å². The average molecular weight is 192 g/mol. The Balaban J connectivity index is 2.28. The Bertz CT molecular complexity index is 336. The Kier molecular flexibility index (Phi) is 2.44. The maximum absolute atomic E-state index is 6.02. The van der Waals surface area contributed by atoms with Crippen molar-refractivity contribution < 1.29 is 4.74 Å². The van der Waals surface area contributed by atoms with E-state index < -0.39 is 0 Å². The summed E-state index contributed by atoms with van der Waals surface area (Å²) in [6.45, 7) is 0.802. The highest BCUT2D eigenvalue weighted by Crippen LogP contribution is 2.27. The molecule has 0 spiro atoms. The second-order valence-electron chi connectivity index (χ2n) is 3.87. The van der Waals surface area contributed by atoms with Crippen LogP contribution in [0, 0.1) is 0 Å². The van der Waals surface area contributed by atoms with Gasteiger partial charge in [-0.25, -0.2) is 0 Å². The van der Waals surface area contributed by atoms with Crippen molar-refractivity contribution in [3.05, 3.63) is 29.3 Å². The molecule has 3 nitrogen and oxygen atoms in total. The molecule has 0 amide bonds. The highest BCUT2D eigenvalue weighted by atomic mass is 16.5. The number of rotatable bonds is 2. The molecule has 1 atom stereocenters. The molecular formula is C11H16N2O. The number of hydrogen-bond donors (Lipinski definition) is 1. The van der Waals surface area contributed by atoms with Gasteiger partial charge >= 0.3 is 0 Å². The first kappa shape index (κ1) is 9.49. The first-order chi connectivity index (χ1) is 6.68. The van der Waals surface area contributed by atoms with E-state index in [4.69, 9.17) is 10.5 Å². The lowest BCUT2D eigenvalue weighted by molar-refractivity contribution is 0.307. The van der Waals surface area contributed by atoms with Gasteiger partial charge in [0.25, 0.3) is 0 Å². The summed E-state index contributed by atoms with van der Waals surface area (Å²) in [7, 11) is 3.96. The van der Waals surface area contributed by atoms with Crippen LogP contribution < -0.4 is 10.5 Å². The molecular weight excluding hydrogens is 176 g/mol. The second-order valence-corrected chi connectivity index (χ2v) is 3.87. The van der Waals surface area contributed by atoms with Gasteiger partial charge in [0.2, 0.25) is 0 Å². The van der Waals surface area contributed by atoms with Crippen LogP contribution >= 0.6 is 0 Å². The fourth-order valence-electron chi connectivity index (χ4n) is 1.69. The summed E-state index contributed by atoms with van der Waals surface area (Å²) < 4.78 is 5.44. The smallest absolute Gasteiger partial charge is 0.122 e. The van der Waals surface area contributed by atoms with Crippen molar-refractivity contribution in [1.29, 1.82) is 0 Å². The Labute approximate surface area is 84.5 Å². The number of benzene rings is 1. The zero-order chi connectivity index (χ0) is 10.1. The molecule has 0 radical (unpaired) electrons. The van der Waals surface area contributed by atoms with Crippen molar-refractivity contribution in [1.82, 2.24) is 4.90 Å². The fraction of sp³-hybridized carbons (Fsp3) is 0.455. The van der Waals surface area contributed by atoms with Crippen LogP contribution in [0.3, 0.4) is 0 Å². The first-order valence-corrected chi connectivity index (χ1v) is 4.86. The second kappa shape index (κ2) is 3.59. The Morgan fingerprint density at radius 2 is 2.21 bits per heavy atom. The van der Waals surface area contributed by atoms with Gasteiger partial charge in [-0.3, -0.25) is 4.90 Å². The number of ether oxygens (including phenoxy) is 1. The largest absolute Gasteiger partial charge is 0.493 e. The van der Waals surface area contributed by atoms with E-state index in [1.54, 1.807) is 0 Å². The topological polar surface area (TPSA) is 38.5 Å². The minimum absolute atomic E-state index is 0.0269. The van der Waals surface area contributed by atoms with Crippen molar-refractivity contribution in [2.45, 2.75) is 12.6 Å². The fourth-order valence-corrected chi connectivity index (χ4v) is 1.69. The van der Waals surface area contributed by atoms with Crippen molar-refractivity contribution in [2.75, 3.05) is 20.7 Å². The lowest BCUT2D eigenvalue weighted by atomic mass is 10.1. The molecule has 2 rings (SSSR count). The summed E-state index contributed by atoms with van der Waals surface area (Å²) in [6, 6.07) is 6.20. The van der Waals surface area contributed by atoms with Gasteiger partial charge in [-0.1, -0.05) is 6.07 Å².